The van der Waals surface area contributed by atoms with E-state index in [4.69, 9.17) is 4.74 Å². The summed E-state index contributed by atoms with van der Waals surface area (Å²) in [4.78, 5) is 0. The second-order valence-electron chi connectivity index (χ2n) is 6.03. The molecule has 1 atom stereocenters. The summed E-state index contributed by atoms with van der Waals surface area (Å²) in [6.45, 7) is 4.26. The maximum Gasteiger partial charge on any atom is 0.411 e. The Kier molecular flexibility index (Phi) is 7.30. The van der Waals surface area contributed by atoms with Gasteiger partial charge in [0.1, 0.15) is 6.61 Å². The van der Waals surface area contributed by atoms with Crippen LogP contribution in [0.15, 0.2) is 0 Å². The van der Waals surface area contributed by atoms with Crippen LogP contribution in [-0.4, -0.2) is 32.0 Å². The van der Waals surface area contributed by atoms with Crippen LogP contribution in [0.25, 0.3) is 0 Å². The van der Waals surface area contributed by atoms with E-state index in [9.17, 15) is 13.2 Å². The molecule has 120 valence electrons. The molecule has 0 aromatic carbocycles. The Morgan fingerprint density at radius 2 is 1.85 bits per heavy atom. The number of rotatable bonds is 11. The summed E-state index contributed by atoms with van der Waals surface area (Å²) in [6, 6.07) is 0.638. The normalized spacial score (nSPS) is 19.1. The second-order valence-corrected chi connectivity index (χ2v) is 6.03. The highest BCUT2D eigenvalue weighted by molar-refractivity contribution is 4.87. The Labute approximate surface area is 120 Å². The van der Waals surface area contributed by atoms with Gasteiger partial charge in [0.15, 0.2) is 0 Å². The lowest BCUT2D eigenvalue weighted by Gasteiger charge is -2.33. The van der Waals surface area contributed by atoms with Gasteiger partial charge in [-0.2, -0.15) is 13.2 Å². The van der Waals surface area contributed by atoms with E-state index in [0.717, 1.165) is 32.2 Å². The van der Waals surface area contributed by atoms with E-state index < -0.39 is 12.8 Å². The van der Waals surface area contributed by atoms with Crippen molar-refractivity contribution in [2.45, 2.75) is 71.0 Å². The maximum atomic E-state index is 12.1. The fourth-order valence-corrected chi connectivity index (χ4v) is 2.46. The molecule has 0 aromatic heterocycles. The van der Waals surface area contributed by atoms with Gasteiger partial charge in [-0.15, -0.1) is 0 Å². The van der Waals surface area contributed by atoms with Gasteiger partial charge in [-0.05, 0) is 37.5 Å². The first-order chi connectivity index (χ1) is 9.41. The molecule has 0 amide bonds. The van der Waals surface area contributed by atoms with Crippen molar-refractivity contribution in [1.29, 1.82) is 0 Å². The van der Waals surface area contributed by atoms with Crippen LogP contribution in [0, 0.1) is 5.41 Å². The van der Waals surface area contributed by atoms with Crippen molar-refractivity contribution < 1.29 is 17.9 Å². The first kappa shape index (κ1) is 17.8. The molecular formula is C15H28F3NO. The van der Waals surface area contributed by atoms with E-state index in [1.54, 1.807) is 0 Å². The molecule has 0 radical (unpaired) electrons. The summed E-state index contributed by atoms with van der Waals surface area (Å²) in [5.41, 5.74) is 0.0875. The van der Waals surface area contributed by atoms with Gasteiger partial charge in [0.25, 0.3) is 0 Å². The van der Waals surface area contributed by atoms with Gasteiger partial charge in [-0.3, -0.25) is 0 Å². The topological polar surface area (TPSA) is 21.3 Å². The predicted octanol–water partition coefficient (Wildman–Crippen LogP) is 4.29. The second kappa shape index (κ2) is 8.23. The molecule has 1 saturated carbocycles. The summed E-state index contributed by atoms with van der Waals surface area (Å²) in [5, 5.41) is 3.54. The predicted molar refractivity (Wildman–Crippen MR) is 74.8 cm³/mol. The zero-order chi connectivity index (χ0) is 15.1. The van der Waals surface area contributed by atoms with Crippen LogP contribution in [0.5, 0.6) is 0 Å². The molecule has 1 unspecified atom stereocenters. The zero-order valence-corrected chi connectivity index (χ0v) is 12.7. The third-order valence-corrected chi connectivity index (χ3v) is 4.20. The lowest BCUT2D eigenvalue weighted by molar-refractivity contribution is -0.175. The van der Waals surface area contributed by atoms with Gasteiger partial charge in [-0.1, -0.05) is 26.7 Å². The van der Waals surface area contributed by atoms with Crippen molar-refractivity contribution in [3.8, 4) is 0 Å². The summed E-state index contributed by atoms with van der Waals surface area (Å²) in [6.07, 6.45) is 3.26. The van der Waals surface area contributed by atoms with Crippen LogP contribution in [-0.2, 0) is 4.74 Å². The average molecular weight is 295 g/mol. The van der Waals surface area contributed by atoms with Gasteiger partial charge >= 0.3 is 6.18 Å². The van der Waals surface area contributed by atoms with Gasteiger partial charge in [-0.25, -0.2) is 0 Å². The van der Waals surface area contributed by atoms with E-state index in [-0.39, 0.29) is 12.0 Å². The third-order valence-electron chi connectivity index (χ3n) is 4.20. The number of hydrogen-bond acceptors (Lipinski definition) is 2. The fraction of sp³-hybridized carbons (Fsp3) is 1.00. The summed E-state index contributed by atoms with van der Waals surface area (Å²) in [5.74, 6) is 0. The number of hydrogen-bond donors (Lipinski definition) is 1. The van der Waals surface area contributed by atoms with Crippen molar-refractivity contribution in [3.63, 3.8) is 0 Å². The highest BCUT2D eigenvalue weighted by Gasteiger charge is 2.32. The van der Waals surface area contributed by atoms with Gasteiger partial charge in [0.05, 0.1) is 0 Å². The minimum Gasteiger partial charge on any atom is -0.372 e. The van der Waals surface area contributed by atoms with Crippen LogP contribution in [0.1, 0.15) is 58.8 Å². The Hall–Kier alpha value is -0.290. The number of unbranched alkanes of at least 4 members (excludes halogenated alkanes) is 1. The summed E-state index contributed by atoms with van der Waals surface area (Å²) >= 11 is 0. The smallest absolute Gasteiger partial charge is 0.372 e. The molecule has 20 heavy (non-hydrogen) atoms. The molecule has 0 spiro atoms. The number of ether oxygens (including phenoxy) is 1. The van der Waals surface area contributed by atoms with Crippen molar-refractivity contribution in [3.05, 3.63) is 0 Å². The van der Waals surface area contributed by atoms with E-state index in [2.05, 4.69) is 19.2 Å². The third kappa shape index (κ3) is 7.48. The minimum absolute atomic E-state index is 0.0875. The highest BCUT2D eigenvalue weighted by Crippen LogP contribution is 2.34. The molecule has 0 aliphatic heterocycles. The monoisotopic (exact) mass is 295 g/mol. The van der Waals surface area contributed by atoms with Crippen LogP contribution in [0.4, 0.5) is 13.2 Å². The van der Waals surface area contributed by atoms with Crippen molar-refractivity contribution >= 4 is 0 Å². The Morgan fingerprint density at radius 3 is 2.35 bits per heavy atom. The molecule has 0 heterocycles. The molecule has 5 heteroatoms. The van der Waals surface area contributed by atoms with E-state index in [1.807, 2.05) is 0 Å². The van der Waals surface area contributed by atoms with Crippen molar-refractivity contribution in [2.75, 3.05) is 19.8 Å². The van der Waals surface area contributed by atoms with Crippen LogP contribution in [0.3, 0.4) is 0 Å². The maximum absolute atomic E-state index is 12.1. The van der Waals surface area contributed by atoms with Gasteiger partial charge < -0.3 is 10.1 Å². The molecule has 2 nitrogen and oxygen atoms in total. The fourth-order valence-electron chi connectivity index (χ4n) is 2.46. The quantitative estimate of drug-likeness (QED) is 0.574. The minimum atomic E-state index is -4.22. The molecule has 1 rings (SSSR count). The standard InChI is InChI=1S/C15H28F3NO/c1-3-5-8-14(4-2,11-19-13-6-7-13)9-10-20-12-15(16,17)18/h13,19H,3-12H2,1-2H3. The lowest BCUT2D eigenvalue weighted by Crippen LogP contribution is -2.36. The Balaban J connectivity index is 2.37. The number of alkyl halides is 3. The van der Waals surface area contributed by atoms with E-state index in [0.29, 0.717) is 12.5 Å². The number of nitrogens with one attached hydrogen (secondary N) is 1. The van der Waals surface area contributed by atoms with Crippen LogP contribution >= 0.6 is 0 Å². The molecular weight excluding hydrogens is 267 g/mol. The van der Waals surface area contributed by atoms with Crippen molar-refractivity contribution in [2.24, 2.45) is 5.41 Å². The SMILES string of the molecule is CCCCC(CC)(CCOCC(F)(F)F)CNC1CC1. The Morgan fingerprint density at radius 1 is 1.15 bits per heavy atom. The van der Waals surface area contributed by atoms with E-state index in [1.165, 1.54) is 12.8 Å². The zero-order valence-electron chi connectivity index (χ0n) is 12.7. The summed E-state index contributed by atoms with van der Waals surface area (Å²) < 4.78 is 41.1. The average Bonchev–Trinajstić information content (AvgIpc) is 3.20. The Bertz CT molecular complexity index is 266. The first-order valence-electron chi connectivity index (χ1n) is 7.79. The van der Waals surface area contributed by atoms with Crippen LogP contribution in [0.2, 0.25) is 0 Å². The molecule has 0 bridgehead atoms. The largest absolute Gasteiger partial charge is 0.411 e. The van der Waals surface area contributed by atoms with Crippen LogP contribution < -0.4 is 5.32 Å². The van der Waals surface area contributed by atoms with Gasteiger partial charge in [0, 0.05) is 19.2 Å². The lowest BCUT2D eigenvalue weighted by atomic mass is 9.77. The van der Waals surface area contributed by atoms with Crippen molar-refractivity contribution in [1.82, 2.24) is 5.32 Å². The molecule has 1 aliphatic carbocycles. The first-order valence-corrected chi connectivity index (χ1v) is 7.79. The molecule has 1 fully saturated rings. The number of halogens is 3. The van der Waals surface area contributed by atoms with Gasteiger partial charge in [0.2, 0.25) is 0 Å². The molecule has 1 N–H and O–H groups in total. The van der Waals surface area contributed by atoms with E-state index >= 15 is 0 Å². The molecule has 1 aliphatic rings. The highest BCUT2D eigenvalue weighted by atomic mass is 19.4. The molecule has 0 saturated heterocycles. The molecule has 0 aromatic rings. The summed E-state index contributed by atoms with van der Waals surface area (Å²) in [7, 11) is 0.